The Bertz CT molecular complexity index is 2080. The predicted molar refractivity (Wildman–Crippen MR) is 153 cm³/mol. The Labute approximate surface area is 231 Å². The number of hydrogen-bond donors (Lipinski definition) is 1. The second-order valence-electron chi connectivity index (χ2n) is 9.19. The van der Waals surface area contributed by atoms with Gasteiger partial charge in [0.15, 0.2) is 0 Å². The van der Waals surface area contributed by atoms with Crippen molar-refractivity contribution in [3.63, 3.8) is 0 Å². The molecule has 0 aliphatic carbocycles. The molecule has 0 aliphatic heterocycles. The van der Waals surface area contributed by atoms with Gasteiger partial charge >= 0.3 is 0 Å². The third-order valence-corrected chi connectivity index (χ3v) is 10.3. The molecule has 1 unspecified atom stereocenters. The number of nitrogens with zero attached hydrogens (tertiary/aromatic N) is 2. The molecule has 6 aromatic rings. The molecule has 1 N–H and O–H groups in total. The van der Waals surface area contributed by atoms with Crippen LogP contribution >= 0.6 is 0 Å². The average Bonchev–Trinajstić information content (AvgIpc) is 3.57. The van der Waals surface area contributed by atoms with Gasteiger partial charge in [-0.05, 0) is 54.6 Å². The third kappa shape index (κ3) is 4.08. The summed E-state index contributed by atoms with van der Waals surface area (Å²) in [6.07, 6.45) is -1.64. The van der Waals surface area contributed by atoms with Crippen molar-refractivity contribution in [3.05, 3.63) is 127 Å². The average molecular weight is 573 g/mol. The summed E-state index contributed by atoms with van der Waals surface area (Å²) in [4.78, 5) is 0.0493. The van der Waals surface area contributed by atoms with Crippen LogP contribution in [0.3, 0.4) is 0 Å². The van der Waals surface area contributed by atoms with Gasteiger partial charge in [0, 0.05) is 16.8 Å². The Balaban J connectivity index is 1.65. The fourth-order valence-corrected chi connectivity index (χ4v) is 8.05. The molecular weight excluding hydrogens is 548 g/mol. The largest absolute Gasteiger partial charge is 0.497 e. The van der Waals surface area contributed by atoms with E-state index in [9.17, 15) is 21.9 Å². The van der Waals surface area contributed by atoms with Crippen molar-refractivity contribution in [1.29, 1.82) is 0 Å². The topological polar surface area (TPSA) is 108 Å². The zero-order valence-corrected chi connectivity index (χ0v) is 22.9. The highest BCUT2D eigenvalue weighted by Gasteiger charge is 2.32. The number of hydrogen-bond acceptors (Lipinski definition) is 6. The lowest BCUT2D eigenvalue weighted by molar-refractivity contribution is 0.209. The Morgan fingerprint density at radius 2 is 1.07 bits per heavy atom. The molecule has 6 rings (SSSR count). The Morgan fingerprint density at radius 1 is 0.600 bits per heavy atom. The van der Waals surface area contributed by atoms with E-state index < -0.39 is 26.2 Å². The predicted octanol–water partition coefficient (Wildman–Crippen LogP) is 5.16. The molecule has 40 heavy (non-hydrogen) atoms. The number of methoxy groups -OCH3 is 1. The first-order valence-electron chi connectivity index (χ1n) is 12.3. The van der Waals surface area contributed by atoms with Crippen LogP contribution in [-0.4, -0.2) is 37.0 Å². The minimum Gasteiger partial charge on any atom is -0.497 e. The van der Waals surface area contributed by atoms with Gasteiger partial charge in [0.1, 0.15) is 11.9 Å². The summed E-state index contributed by atoms with van der Waals surface area (Å²) in [5.41, 5.74) is 0.630. The molecule has 0 saturated heterocycles. The van der Waals surface area contributed by atoms with Gasteiger partial charge in [-0.2, -0.15) is 0 Å². The molecule has 202 valence electrons. The van der Waals surface area contributed by atoms with Crippen molar-refractivity contribution >= 4 is 41.9 Å². The molecule has 8 nitrogen and oxygen atoms in total. The molecule has 0 fully saturated rings. The van der Waals surface area contributed by atoms with E-state index in [2.05, 4.69) is 0 Å². The van der Waals surface area contributed by atoms with Gasteiger partial charge in [0.25, 0.3) is 20.0 Å². The number of fused-ring (bicyclic) bond motifs is 2. The van der Waals surface area contributed by atoms with E-state index in [1.54, 1.807) is 91.0 Å². The summed E-state index contributed by atoms with van der Waals surface area (Å²) in [5.74, 6) is 0.428. The molecule has 0 radical (unpaired) electrons. The minimum atomic E-state index is -4.22. The SMILES string of the molecule is COc1ccc2cc(C(O)c3cc4ccccc4n3S(=O)(=O)c3ccccc3)n(S(=O)(=O)c3ccccc3)c2c1. The van der Waals surface area contributed by atoms with Crippen LogP contribution in [0, 0.1) is 0 Å². The maximum atomic E-state index is 14.0. The van der Waals surface area contributed by atoms with E-state index in [1.165, 1.54) is 31.4 Å². The number of aliphatic hydroxyl groups is 1. The van der Waals surface area contributed by atoms with Crippen LogP contribution in [0.4, 0.5) is 0 Å². The summed E-state index contributed by atoms with van der Waals surface area (Å²) in [5, 5.41) is 13.0. The van der Waals surface area contributed by atoms with E-state index in [0.29, 0.717) is 22.0 Å². The zero-order chi connectivity index (χ0) is 28.1. The lowest BCUT2D eigenvalue weighted by atomic mass is 10.1. The second-order valence-corrected chi connectivity index (χ2v) is 12.8. The highest BCUT2D eigenvalue weighted by atomic mass is 32.2. The number of para-hydroxylation sites is 1. The summed E-state index contributed by atoms with van der Waals surface area (Å²) < 4.78 is 63.4. The van der Waals surface area contributed by atoms with E-state index in [4.69, 9.17) is 4.74 Å². The van der Waals surface area contributed by atoms with Gasteiger partial charge < -0.3 is 9.84 Å². The number of rotatable bonds is 7. The van der Waals surface area contributed by atoms with Crippen LogP contribution in [0.1, 0.15) is 17.5 Å². The summed E-state index contributed by atoms with van der Waals surface area (Å²) in [7, 11) is -6.91. The van der Waals surface area contributed by atoms with Crippen molar-refractivity contribution in [2.24, 2.45) is 0 Å². The first-order valence-corrected chi connectivity index (χ1v) is 15.2. The van der Waals surface area contributed by atoms with E-state index in [0.717, 1.165) is 7.94 Å². The van der Waals surface area contributed by atoms with Gasteiger partial charge in [-0.3, -0.25) is 0 Å². The van der Waals surface area contributed by atoms with E-state index in [1.807, 2.05) is 0 Å². The van der Waals surface area contributed by atoms with Crippen molar-refractivity contribution in [2.75, 3.05) is 7.11 Å². The molecule has 1 atom stereocenters. The number of aromatic nitrogens is 2. The van der Waals surface area contributed by atoms with Crippen LogP contribution in [0.2, 0.25) is 0 Å². The third-order valence-electron chi connectivity index (χ3n) is 6.81. The lowest BCUT2D eigenvalue weighted by Gasteiger charge is -2.19. The Morgan fingerprint density at radius 3 is 1.62 bits per heavy atom. The van der Waals surface area contributed by atoms with Crippen LogP contribution in [0.15, 0.2) is 125 Å². The minimum absolute atomic E-state index is 0.00401. The molecule has 2 heterocycles. The molecule has 0 saturated carbocycles. The van der Waals surface area contributed by atoms with Crippen molar-refractivity contribution in [1.82, 2.24) is 7.94 Å². The maximum Gasteiger partial charge on any atom is 0.268 e. The van der Waals surface area contributed by atoms with Gasteiger partial charge in [0.05, 0.1) is 39.3 Å². The first-order chi connectivity index (χ1) is 19.2. The second kappa shape index (κ2) is 9.67. The van der Waals surface area contributed by atoms with Crippen molar-refractivity contribution in [2.45, 2.75) is 15.9 Å². The van der Waals surface area contributed by atoms with E-state index >= 15 is 0 Å². The number of benzene rings is 4. The fourth-order valence-electron chi connectivity index (χ4n) is 4.92. The van der Waals surface area contributed by atoms with Gasteiger partial charge in [0.2, 0.25) is 0 Å². The molecule has 0 spiro atoms. The Kier molecular flexibility index (Phi) is 6.25. The highest BCUT2D eigenvalue weighted by molar-refractivity contribution is 7.90. The van der Waals surface area contributed by atoms with Crippen LogP contribution in [0.25, 0.3) is 21.8 Å². The summed E-state index contributed by atoms with van der Waals surface area (Å²) in [6, 6.07) is 30.7. The fraction of sp³-hybridized carbons (Fsp3) is 0.0667. The lowest BCUT2D eigenvalue weighted by Crippen LogP contribution is -2.22. The smallest absolute Gasteiger partial charge is 0.268 e. The maximum absolute atomic E-state index is 14.0. The molecule has 10 heteroatoms. The molecular formula is C30H24N2O6S2. The van der Waals surface area contributed by atoms with E-state index in [-0.39, 0.29) is 26.7 Å². The molecule has 2 aromatic heterocycles. The van der Waals surface area contributed by atoms with Crippen LogP contribution < -0.4 is 4.74 Å². The molecule has 0 bridgehead atoms. The number of ether oxygens (including phenoxy) is 1. The highest BCUT2D eigenvalue weighted by Crippen LogP contribution is 2.37. The van der Waals surface area contributed by atoms with Crippen molar-refractivity contribution < 1.29 is 26.7 Å². The molecule has 0 amide bonds. The molecule has 4 aromatic carbocycles. The first kappa shape index (κ1) is 25.9. The summed E-state index contributed by atoms with van der Waals surface area (Å²) in [6.45, 7) is 0. The number of aliphatic hydroxyl groups excluding tert-OH is 1. The van der Waals surface area contributed by atoms with Crippen LogP contribution in [0.5, 0.6) is 5.75 Å². The molecule has 0 aliphatic rings. The standard InChI is InChI=1S/C30H24N2O6S2/c1-38-23-17-16-22-19-29(32(27(22)20-23)40(36,37)25-13-6-3-7-14-25)30(33)28-18-21-10-8-9-15-26(21)31(28)39(34,35)24-11-4-2-5-12-24/h2-20,30,33H,1H3. The quantitative estimate of drug-likeness (QED) is 0.283. The van der Waals surface area contributed by atoms with Crippen molar-refractivity contribution in [3.8, 4) is 5.75 Å². The Hall–Kier alpha value is -4.38. The van der Waals surface area contributed by atoms with Gasteiger partial charge in [-0.1, -0.05) is 54.6 Å². The normalized spacial score (nSPS) is 13.1. The zero-order valence-electron chi connectivity index (χ0n) is 21.2. The summed E-state index contributed by atoms with van der Waals surface area (Å²) >= 11 is 0. The van der Waals surface area contributed by atoms with Crippen LogP contribution in [-0.2, 0) is 20.0 Å². The van der Waals surface area contributed by atoms with Gasteiger partial charge in [-0.25, -0.2) is 24.8 Å². The van der Waals surface area contributed by atoms with Gasteiger partial charge in [-0.15, -0.1) is 0 Å². The monoisotopic (exact) mass is 572 g/mol.